The van der Waals surface area contributed by atoms with Gasteiger partial charge in [0.15, 0.2) is 0 Å². The molecule has 1 amide bonds. The van der Waals surface area contributed by atoms with Crippen molar-refractivity contribution in [3.05, 3.63) is 59.9 Å². The van der Waals surface area contributed by atoms with Gasteiger partial charge < -0.3 is 9.64 Å². The topological polar surface area (TPSA) is 86.0 Å². The first kappa shape index (κ1) is 20.3. The maximum Gasteiger partial charge on any atom is 0.419 e. The lowest BCUT2D eigenvalue weighted by Crippen LogP contribution is -2.40. The molecule has 0 aliphatic carbocycles. The molecular weight excluding hydrogens is 432 g/mol. The van der Waals surface area contributed by atoms with Crippen molar-refractivity contribution >= 4 is 5.91 Å². The summed E-state index contributed by atoms with van der Waals surface area (Å²) in [6, 6.07) is 3.14. The summed E-state index contributed by atoms with van der Waals surface area (Å²) >= 11 is 0. The smallest absolute Gasteiger partial charge is 0.419 e. The van der Waals surface area contributed by atoms with E-state index in [1.54, 1.807) is 4.90 Å². The highest BCUT2D eigenvalue weighted by Crippen LogP contribution is 2.41. The fraction of sp³-hybridized carbons (Fsp3) is 0.350. The largest absolute Gasteiger partial charge is 0.458 e. The molecule has 166 valence electrons. The van der Waals surface area contributed by atoms with Crippen LogP contribution in [-0.2, 0) is 6.18 Å². The quantitative estimate of drug-likeness (QED) is 0.571. The number of halogens is 4. The Labute approximate surface area is 178 Å². The summed E-state index contributed by atoms with van der Waals surface area (Å²) in [6.45, 7) is 0. The average molecular weight is 448 g/mol. The fourth-order valence-electron chi connectivity index (χ4n) is 4.37. The molecule has 2 fully saturated rings. The van der Waals surface area contributed by atoms with E-state index in [4.69, 9.17) is 4.74 Å². The third-order valence-electron chi connectivity index (χ3n) is 5.75. The Hall–Kier alpha value is -3.57. The molecule has 4 heterocycles. The van der Waals surface area contributed by atoms with E-state index in [-0.39, 0.29) is 29.6 Å². The first-order valence-electron chi connectivity index (χ1n) is 9.86. The number of fused-ring (bicyclic) bond motifs is 2. The van der Waals surface area contributed by atoms with Gasteiger partial charge >= 0.3 is 12.2 Å². The van der Waals surface area contributed by atoms with Crippen LogP contribution < -0.4 is 4.74 Å². The molecule has 0 saturated carbocycles. The summed E-state index contributed by atoms with van der Waals surface area (Å²) in [6.07, 6.45) is 1.07. The Kier molecular flexibility index (Phi) is 4.79. The summed E-state index contributed by atoms with van der Waals surface area (Å²) in [5.41, 5.74) is -0.513. The highest BCUT2D eigenvalue weighted by molar-refractivity contribution is 5.98. The zero-order valence-electron chi connectivity index (χ0n) is 16.4. The Morgan fingerprint density at radius 1 is 1.09 bits per heavy atom. The zero-order chi connectivity index (χ0) is 22.5. The van der Waals surface area contributed by atoms with Crippen LogP contribution in [0.25, 0.3) is 5.69 Å². The van der Waals surface area contributed by atoms with Gasteiger partial charge in [0, 0.05) is 24.9 Å². The Bertz CT molecular complexity index is 1140. The number of ether oxygens (including phenoxy) is 1. The molecule has 2 bridgehead atoms. The van der Waals surface area contributed by atoms with Gasteiger partial charge in [-0.3, -0.25) is 4.79 Å². The van der Waals surface area contributed by atoms with E-state index in [2.05, 4.69) is 20.2 Å². The molecule has 3 atom stereocenters. The second-order valence-electron chi connectivity index (χ2n) is 7.64. The van der Waals surface area contributed by atoms with E-state index in [1.807, 2.05) is 0 Å². The summed E-state index contributed by atoms with van der Waals surface area (Å²) in [5.74, 6) is -0.953. The Balaban J connectivity index is 1.38. The standard InChI is InChI=1S/C20H16F4N6O2/c21-12-1-3-15(30-27-5-6-28-30)14(7-12)18(31)29-13-2-4-16(29)17(8-13)32-19-25-9-11(10-26-19)20(22,23)24/h1,3,5-7,9-10,13,16-17H,2,4,8H2/t13-,16+,17-/m1/s1. The van der Waals surface area contributed by atoms with Crippen molar-refractivity contribution in [2.75, 3.05) is 0 Å². The SMILES string of the molecule is O=C(c1cc(F)ccc1-n1nccn1)N1[C@@H]2CC[C@H]1[C@H](Oc1ncc(C(F)(F)F)cn1)C2. The van der Waals surface area contributed by atoms with E-state index in [1.165, 1.54) is 29.3 Å². The molecule has 0 spiro atoms. The Morgan fingerprint density at radius 3 is 2.50 bits per heavy atom. The van der Waals surface area contributed by atoms with Crippen molar-refractivity contribution in [2.24, 2.45) is 0 Å². The lowest BCUT2D eigenvalue weighted by atomic mass is 9.98. The minimum Gasteiger partial charge on any atom is -0.458 e. The van der Waals surface area contributed by atoms with Crippen LogP contribution in [0.5, 0.6) is 6.01 Å². The number of carbonyl (C=O) groups excluding carboxylic acids is 1. The highest BCUT2D eigenvalue weighted by atomic mass is 19.4. The van der Waals surface area contributed by atoms with Gasteiger partial charge in [0.2, 0.25) is 0 Å². The van der Waals surface area contributed by atoms with Crippen LogP contribution in [0, 0.1) is 5.82 Å². The van der Waals surface area contributed by atoms with Crippen LogP contribution in [0.3, 0.4) is 0 Å². The molecule has 1 aromatic carbocycles. The van der Waals surface area contributed by atoms with Gasteiger partial charge in [0.1, 0.15) is 11.9 Å². The predicted octanol–water partition coefficient (Wildman–Crippen LogP) is 3.04. The molecule has 2 aromatic heterocycles. The highest BCUT2D eigenvalue weighted by Gasteiger charge is 2.50. The third kappa shape index (κ3) is 3.55. The molecule has 2 aliphatic heterocycles. The number of aromatic nitrogens is 5. The minimum absolute atomic E-state index is 0.115. The van der Waals surface area contributed by atoms with Crippen molar-refractivity contribution in [3.8, 4) is 11.7 Å². The van der Waals surface area contributed by atoms with Crippen molar-refractivity contribution in [2.45, 2.75) is 43.6 Å². The van der Waals surface area contributed by atoms with Gasteiger partial charge in [-0.15, -0.1) is 0 Å². The average Bonchev–Trinajstić information content (AvgIpc) is 3.49. The molecule has 12 heteroatoms. The normalized spacial score (nSPS) is 22.4. The summed E-state index contributed by atoms with van der Waals surface area (Å²) in [5, 5.41) is 8.05. The second-order valence-corrected chi connectivity index (χ2v) is 7.64. The first-order valence-corrected chi connectivity index (χ1v) is 9.86. The molecule has 0 unspecified atom stereocenters. The molecule has 32 heavy (non-hydrogen) atoms. The second kappa shape index (κ2) is 7.53. The van der Waals surface area contributed by atoms with Crippen LogP contribution in [0.4, 0.5) is 17.6 Å². The van der Waals surface area contributed by atoms with Gasteiger partial charge in [-0.2, -0.15) is 28.2 Å². The molecule has 3 aromatic rings. The van der Waals surface area contributed by atoms with E-state index in [0.717, 1.165) is 12.5 Å². The molecule has 5 rings (SSSR count). The molecule has 8 nitrogen and oxygen atoms in total. The van der Waals surface area contributed by atoms with E-state index in [9.17, 15) is 22.4 Å². The van der Waals surface area contributed by atoms with E-state index < -0.39 is 23.7 Å². The number of hydrogen-bond donors (Lipinski definition) is 0. The van der Waals surface area contributed by atoms with E-state index in [0.29, 0.717) is 30.9 Å². The molecule has 2 aliphatic rings. The lowest BCUT2D eigenvalue weighted by molar-refractivity contribution is -0.138. The summed E-state index contributed by atoms with van der Waals surface area (Å²) < 4.78 is 57.8. The van der Waals surface area contributed by atoms with Crippen LogP contribution in [0.1, 0.15) is 35.2 Å². The zero-order valence-corrected chi connectivity index (χ0v) is 16.4. The van der Waals surface area contributed by atoms with Crippen molar-refractivity contribution in [1.29, 1.82) is 0 Å². The van der Waals surface area contributed by atoms with Crippen molar-refractivity contribution < 1.29 is 27.1 Å². The number of rotatable bonds is 4. The van der Waals surface area contributed by atoms with Crippen LogP contribution in [0.15, 0.2) is 43.0 Å². The number of nitrogens with zero attached hydrogens (tertiary/aromatic N) is 6. The van der Waals surface area contributed by atoms with Gasteiger partial charge in [-0.1, -0.05) is 0 Å². The van der Waals surface area contributed by atoms with Gasteiger partial charge in [0.05, 0.1) is 35.2 Å². The maximum absolute atomic E-state index is 14.0. The minimum atomic E-state index is -4.54. The van der Waals surface area contributed by atoms with Crippen LogP contribution in [-0.4, -0.2) is 54.0 Å². The van der Waals surface area contributed by atoms with Crippen LogP contribution in [0.2, 0.25) is 0 Å². The molecule has 2 saturated heterocycles. The first-order chi connectivity index (χ1) is 15.3. The summed E-state index contributed by atoms with van der Waals surface area (Å²) in [7, 11) is 0. The summed E-state index contributed by atoms with van der Waals surface area (Å²) in [4.78, 5) is 23.6. The van der Waals surface area contributed by atoms with Gasteiger partial charge in [-0.25, -0.2) is 14.4 Å². The van der Waals surface area contributed by atoms with Crippen molar-refractivity contribution in [3.63, 3.8) is 0 Å². The van der Waals surface area contributed by atoms with Gasteiger partial charge in [-0.05, 0) is 31.0 Å². The van der Waals surface area contributed by atoms with Crippen LogP contribution >= 0.6 is 0 Å². The maximum atomic E-state index is 14.0. The lowest BCUT2D eigenvalue weighted by Gasteiger charge is -2.25. The van der Waals surface area contributed by atoms with Crippen molar-refractivity contribution in [1.82, 2.24) is 29.9 Å². The molecule has 0 N–H and O–H groups in total. The number of carbonyl (C=O) groups is 1. The predicted molar refractivity (Wildman–Crippen MR) is 100 cm³/mol. The number of benzene rings is 1. The Morgan fingerprint density at radius 2 is 1.81 bits per heavy atom. The fourth-order valence-corrected chi connectivity index (χ4v) is 4.37. The number of hydrogen-bond acceptors (Lipinski definition) is 6. The molecular formula is C20H16F4N6O2. The monoisotopic (exact) mass is 448 g/mol. The van der Waals surface area contributed by atoms with Gasteiger partial charge in [0.25, 0.3) is 5.91 Å². The molecule has 0 radical (unpaired) electrons. The number of amides is 1. The number of alkyl halides is 3. The third-order valence-corrected chi connectivity index (χ3v) is 5.75. The van der Waals surface area contributed by atoms with E-state index >= 15 is 0 Å².